The summed E-state index contributed by atoms with van der Waals surface area (Å²) in [5.74, 6) is 0. The molecule has 0 radical (unpaired) electrons. The molecule has 0 amide bonds. The lowest BCUT2D eigenvalue weighted by Gasteiger charge is -2.05. The summed E-state index contributed by atoms with van der Waals surface area (Å²) in [6.07, 6.45) is 3.46. The van der Waals surface area contributed by atoms with E-state index >= 15 is 0 Å². The largest absolute Gasteiger partial charge is 0.296 e. The number of H-pyrrole nitrogens is 1. The van der Waals surface area contributed by atoms with Crippen LogP contribution in [0.5, 0.6) is 0 Å². The third-order valence-corrected chi connectivity index (χ3v) is 4.16. The van der Waals surface area contributed by atoms with Crippen LogP contribution >= 0.6 is 11.6 Å². The van der Waals surface area contributed by atoms with Crippen LogP contribution in [-0.4, -0.2) is 19.6 Å². The van der Waals surface area contributed by atoms with E-state index in [0.717, 1.165) is 16.7 Å². The smallest absolute Gasteiger partial charge is 0.273 e. The normalized spacial score (nSPS) is 11.1. The average molecular weight is 337 g/mol. The van der Waals surface area contributed by atoms with E-state index in [1.165, 1.54) is 10.6 Å². The van der Waals surface area contributed by atoms with Crippen molar-refractivity contribution >= 4 is 17.2 Å². The van der Waals surface area contributed by atoms with Crippen molar-refractivity contribution in [3.63, 3.8) is 0 Å². The SMILES string of the molecule is Cc1cccnc1-c1cc(=O)n2[nH]cc(-c3ccc(Cl)cc3)c2n1. The van der Waals surface area contributed by atoms with E-state index in [1.54, 1.807) is 12.4 Å². The number of rotatable bonds is 2. The van der Waals surface area contributed by atoms with Crippen LogP contribution in [0.1, 0.15) is 5.56 Å². The summed E-state index contributed by atoms with van der Waals surface area (Å²) in [7, 11) is 0. The number of fused-ring (bicyclic) bond motifs is 1. The molecule has 1 aromatic carbocycles. The first kappa shape index (κ1) is 14.7. The van der Waals surface area contributed by atoms with Crippen molar-refractivity contribution in [1.29, 1.82) is 0 Å². The molecule has 4 rings (SSSR count). The van der Waals surface area contributed by atoms with Crippen LogP contribution in [0.2, 0.25) is 5.02 Å². The van der Waals surface area contributed by atoms with E-state index in [4.69, 9.17) is 11.6 Å². The molecular weight excluding hydrogens is 324 g/mol. The standard InChI is InChI=1S/C18H13ClN4O/c1-11-3-2-8-20-17(11)15-9-16(24)23-18(22-15)14(10-21-23)12-4-6-13(19)7-5-12/h2-10,21H,1H3. The molecule has 0 saturated heterocycles. The average Bonchev–Trinajstić information content (AvgIpc) is 3.00. The molecule has 118 valence electrons. The van der Waals surface area contributed by atoms with Gasteiger partial charge >= 0.3 is 0 Å². The number of benzene rings is 1. The van der Waals surface area contributed by atoms with Crippen molar-refractivity contribution in [2.24, 2.45) is 0 Å². The fourth-order valence-electron chi connectivity index (χ4n) is 2.70. The second-order valence-electron chi connectivity index (χ2n) is 5.50. The van der Waals surface area contributed by atoms with Gasteiger partial charge in [0.15, 0.2) is 5.65 Å². The van der Waals surface area contributed by atoms with Gasteiger partial charge in [-0.3, -0.25) is 14.9 Å². The lowest BCUT2D eigenvalue weighted by molar-refractivity contribution is 0.900. The summed E-state index contributed by atoms with van der Waals surface area (Å²) < 4.78 is 1.42. The van der Waals surface area contributed by atoms with Gasteiger partial charge < -0.3 is 0 Å². The Morgan fingerprint density at radius 3 is 2.71 bits per heavy atom. The van der Waals surface area contributed by atoms with E-state index in [0.29, 0.717) is 22.1 Å². The van der Waals surface area contributed by atoms with Gasteiger partial charge in [0.05, 0.1) is 11.4 Å². The molecule has 6 heteroatoms. The van der Waals surface area contributed by atoms with Gasteiger partial charge in [0, 0.05) is 29.0 Å². The zero-order valence-corrected chi connectivity index (χ0v) is 13.6. The topological polar surface area (TPSA) is 63.1 Å². The molecule has 0 spiro atoms. The molecule has 1 N–H and O–H groups in total. The first-order chi connectivity index (χ1) is 11.6. The van der Waals surface area contributed by atoms with Crippen LogP contribution in [0.4, 0.5) is 0 Å². The molecule has 24 heavy (non-hydrogen) atoms. The van der Waals surface area contributed by atoms with E-state index in [9.17, 15) is 4.79 Å². The number of nitrogens with one attached hydrogen (secondary N) is 1. The minimum Gasteiger partial charge on any atom is -0.296 e. The van der Waals surface area contributed by atoms with Crippen LogP contribution < -0.4 is 5.56 Å². The molecule has 3 heterocycles. The van der Waals surface area contributed by atoms with Crippen molar-refractivity contribution in [3.8, 4) is 22.5 Å². The number of aromatic nitrogens is 4. The number of pyridine rings is 1. The maximum atomic E-state index is 12.4. The first-order valence-electron chi connectivity index (χ1n) is 7.42. The maximum absolute atomic E-state index is 12.4. The Hall–Kier alpha value is -2.92. The zero-order chi connectivity index (χ0) is 16.7. The highest BCUT2D eigenvalue weighted by atomic mass is 35.5. The summed E-state index contributed by atoms with van der Waals surface area (Å²) in [6.45, 7) is 1.95. The minimum absolute atomic E-state index is 0.180. The highest BCUT2D eigenvalue weighted by Gasteiger charge is 2.13. The monoisotopic (exact) mass is 336 g/mol. The Kier molecular flexibility index (Phi) is 3.43. The van der Waals surface area contributed by atoms with Gasteiger partial charge in [-0.25, -0.2) is 9.50 Å². The predicted octanol–water partition coefficient (Wildman–Crippen LogP) is 3.71. The molecule has 3 aromatic heterocycles. The molecular formula is C18H13ClN4O. The first-order valence-corrected chi connectivity index (χ1v) is 7.80. The number of halogens is 1. The van der Waals surface area contributed by atoms with Crippen molar-refractivity contribution in [2.75, 3.05) is 0 Å². The molecule has 0 aliphatic heterocycles. The van der Waals surface area contributed by atoms with E-state index in [1.807, 2.05) is 43.3 Å². The lowest BCUT2D eigenvalue weighted by atomic mass is 10.1. The number of aromatic amines is 1. The second-order valence-corrected chi connectivity index (χ2v) is 5.94. The quantitative estimate of drug-likeness (QED) is 0.607. The Balaban J connectivity index is 1.97. The zero-order valence-electron chi connectivity index (χ0n) is 12.8. The van der Waals surface area contributed by atoms with Crippen molar-refractivity contribution in [2.45, 2.75) is 6.92 Å². The van der Waals surface area contributed by atoms with Gasteiger partial charge in [-0.15, -0.1) is 0 Å². The third kappa shape index (κ3) is 2.39. The lowest BCUT2D eigenvalue weighted by Crippen LogP contribution is -2.14. The number of hydrogen-bond acceptors (Lipinski definition) is 3. The fourth-order valence-corrected chi connectivity index (χ4v) is 2.82. The molecule has 0 aliphatic rings. The summed E-state index contributed by atoms with van der Waals surface area (Å²) in [5.41, 5.74) is 4.38. The summed E-state index contributed by atoms with van der Waals surface area (Å²) in [5, 5.41) is 3.61. The Morgan fingerprint density at radius 1 is 1.17 bits per heavy atom. The number of hydrogen-bond donors (Lipinski definition) is 1. The maximum Gasteiger partial charge on any atom is 0.273 e. The Morgan fingerprint density at radius 2 is 1.96 bits per heavy atom. The van der Waals surface area contributed by atoms with Crippen LogP contribution in [0.15, 0.2) is 59.7 Å². The molecule has 0 atom stereocenters. The minimum atomic E-state index is -0.180. The molecule has 5 nitrogen and oxygen atoms in total. The highest BCUT2D eigenvalue weighted by Crippen LogP contribution is 2.26. The number of aryl methyl sites for hydroxylation is 1. The molecule has 0 fully saturated rings. The Labute approximate surface area is 142 Å². The van der Waals surface area contributed by atoms with Gasteiger partial charge in [0.25, 0.3) is 5.56 Å². The molecule has 0 saturated carbocycles. The number of nitrogens with zero attached hydrogens (tertiary/aromatic N) is 3. The van der Waals surface area contributed by atoms with Crippen molar-refractivity contribution < 1.29 is 0 Å². The second kappa shape index (κ2) is 5.62. The summed E-state index contributed by atoms with van der Waals surface area (Å²) in [6, 6.07) is 12.7. The highest BCUT2D eigenvalue weighted by molar-refractivity contribution is 6.30. The van der Waals surface area contributed by atoms with E-state index in [-0.39, 0.29) is 5.56 Å². The van der Waals surface area contributed by atoms with Crippen LogP contribution in [0.25, 0.3) is 28.2 Å². The van der Waals surface area contributed by atoms with Crippen molar-refractivity contribution in [3.05, 3.63) is 75.8 Å². The molecule has 0 aliphatic carbocycles. The van der Waals surface area contributed by atoms with E-state index in [2.05, 4.69) is 15.1 Å². The van der Waals surface area contributed by atoms with Crippen molar-refractivity contribution in [1.82, 2.24) is 19.6 Å². The van der Waals surface area contributed by atoms with Gasteiger partial charge in [0.1, 0.15) is 0 Å². The van der Waals surface area contributed by atoms with E-state index < -0.39 is 0 Å². The van der Waals surface area contributed by atoms with Crippen LogP contribution in [-0.2, 0) is 0 Å². The van der Waals surface area contributed by atoms with Gasteiger partial charge in [-0.2, -0.15) is 0 Å². The van der Waals surface area contributed by atoms with Gasteiger partial charge in [-0.1, -0.05) is 29.8 Å². The van der Waals surface area contributed by atoms with Gasteiger partial charge in [0.2, 0.25) is 0 Å². The van der Waals surface area contributed by atoms with Crippen LogP contribution in [0.3, 0.4) is 0 Å². The summed E-state index contributed by atoms with van der Waals surface area (Å²) in [4.78, 5) is 21.4. The molecule has 0 bridgehead atoms. The molecule has 0 unspecified atom stereocenters. The summed E-state index contributed by atoms with van der Waals surface area (Å²) >= 11 is 5.95. The molecule has 4 aromatic rings. The predicted molar refractivity (Wildman–Crippen MR) is 94.2 cm³/mol. The fraction of sp³-hybridized carbons (Fsp3) is 0.0556. The Bertz CT molecular complexity index is 1100. The third-order valence-electron chi connectivity index (χ3n) is 3.90. The van der Waals surface area contributed by atoms with Gasteiger partial charge in [-0.05, 0) is 36.2 Å². The van der Waals surface area contributed by atoms with Crippen LogP contribution in [0, 0.1) is 6.92 Å².